The van der Waals surface area contributed by atoms with E-state index in [9.17, 15) is 9.59 Å². The summed E-state index contributed by atoms with van der Waals surface area (Å²) in [4.78, 5) is 24.4. The summed E-state index contributed by atoms with van der Waals surface area (Å²) in [5.41, 5.74) is 0.604. The van der Waals surface area contributed by atoms with Gasteiger partial charge in [-0.25, -0.2) is 0 Å². The Morgan fingerprint density at radius 3 is 2.77 bits per heavy atom. The molecule has 1 aromatic heterocycles. The number of carbonyl (C=O) groups is 2. The van der Waals surface area contributed by atoms with Crippen molar-refractivity contribution in [2.24, 2.45) is 0 Å². The van der Waals surface area contributed by atoms with Gasteiger partial charge in [0.05, 0.1) is 10.6 Å². The van der Waals surface area contributed by atoms with Crippen molar-refractivity contribution >= 4 is 28.8 Å². The van der Waals surface area contributed by atoms with Crippen LogP contribution in [-0.2, 0) is 4.79 Å². The Labute approximate surface area is 155 Å². The van der Waals surface area contributed by atoms with Gasteiger partial charge in [0.1, 0.15) is 0 Å². The summed E-state index contributed by atoms with van der Waals surface area (Å²) in [6, 6.07) is 12.0. The van der Waals surface area contributed by atoms with Gasteiger partial charge in [-0.1, -0.05) is 23.5 Å². The zero-order chi connectivity index (χ0) is 18.1. The molecule has 0 saturated carbocycles. The van der Waals surface area contributed by atoms with Crippen LogP contribution in [0.2, 0.25) is 0 Å². The van der Waals surface area contributed by atoms with E-state index in [-0.39, 0.29) is 17.9 Å². The van der Waals surface area contributed by atoms with Crippen molar-refractivity contribution < 1.29 is 14.3 Å². The summed E-state index contributed by atoms with van der Waals surface area (Å²) < 4.78 is 5.87. The predicted octanol–water partition coefficient (Wildman–Crippen LogP) is 3.12. The highest BCUT2D eigenvalue weighted by atomic mass is 32.1. The van der Waals surface area contributed by atoms with E-state index in [2.05, 4.69) is 16.0 Å². The van der Waals surface area contributed by atoms with Crippen LogP contribution in [0, 0.1) is 0 Å². The smallest absolute Gasteiger partial charge is 0.261 e. The molecule has 2 amide bonds. The van der Waals surface area contributed by atoms with Crippen LogP contribution in [0.25, 0.3) is 0 Å². The van der Waals surface area contributed by atoms with E-state index >= 15 is 0 Å². The lowest BCUT2D eigenvalue weighted by atomic mass is 9.95. The highest BCUT2D eigenvalue weighted by molar-refractivity contribution is 7.15. The molecule has 136 valence electrons. The molecule has 6 nitrogen and oxygen atoms in total. The number of fused-ring (bicyclic) bond motifs is 2. The average molecular weight is 371 g/mol. The Hall–Kier alpha value is -2.38. The molecule has 3 heterocycles. The largest absolute Gasteiger partial charge is 0.444 e. The number of ether oxygens (including phenoxy) is 1. The quantitative estimate of drug-likeness (QED) is 0.754. The van der Waals surface area contributed by atoms with Crippen LogP contribution in [0.1, 0.15) is 35.9 Å². The molecule has 4 rings (SSSR count). The maximum absolute atomic E-state index is 12.5. The molecule has 3 N–H and O–H groups in total. The monoisotopic (exact) mass is 371 g/mol. The Morgan fingerprint density at radius 2 is 2.04 bits per heavy atom. The van der Waals surface area contributed by atoms with Crippen molar-refractivity contribution in [2.75, 3.05) is 5.32 Å². The molecule has 26 heavy (non-hydrogen) atoms. The first-order valence-electron chi connectivity index (χ1n) is 8.80. The zero-order valence-electron chi connectivity index (χ0n) is 14.5. The van der Waals surface area contributed by atoms with E-state index in [0.29, 0.717) is 33.5 Å². The first-order chi connectivity index (χ1) is 12.6. The Kier molecular flexibility index (Phi) is 4.65. The number of para-hydroxylation sites is 2. The summed E-state index contributed by atoms with van der Waals surface area (Å²) in [6.07, 6.45) is 3.35. The third-order valence-electron chi connectivity index (χ3n) is 4.83. The van der Waals surface area contributed by atoms with Crippen LogP contribution in [0.15, 0.2) is 36.4 Å². The predicted molar refractivity (Wildman–Crippen MR) is 101 cm³/mol. The second kappa shape index (κ2) is 7.09. The maximum Gasteiger partial charge on any atom is 0.261 e. The van der Waals surface area contributed by atoms with E-state index in [4.69, 9.17) is 4.74 Å². The molecule has 2 saturated heterocycles. The SMILES string of the molecule is CC(=O)Nc1ccccc1Oc1ccc(C(=O)N[C@@H]2C[C@H]3CC[C@@H]2N3)s1. The van der Waals surface area contributed by atoms with Gasteiger partial charge in [-0.15, -0.1) is 0 Å². The van der Waals surface area contributed by atoms with E-state index in [1.807, 2.05) is 12.1 Å². The number of nitrogens with one attached hydrogen (secondary N) is 3. The van der Waals surface area contributed by atoms with Crippen LogP contribution in [0.4, 0.5) is 5.69 Å². The van der Waals surface area contributed by atoms with Gasteiger partial charge < -0.3 is 20.7 Å². The van der Waals surface area contributed by atoms with Gasteiger partial charge in [-0.05, 0) is 43.5 Å². The van der Waals surface area contributed by atoms with Crippen LogP contribution in [0.5, 0.6) is 10.8 Å². The lowest BCUT2D eigenvalue weighted by molar-refractivity contribution is -0.114. The highest BCUT2D eigenvalue weighted by Gasteiger charge is 2.39. The molecule has 1 aromatic carbocycles. The van der Waals surface area contributed by atoms with E-state index in [0.717, 1.165) is 12.8 Å². The molecule has 2 aromatic rings. The van der Waals surface area contributed by atoms with Gasteiger partial charge in [0.25, 0.3) is 5.91 Å². The Balaban J connectivity index is 1.42. The number of rotatable bonds is 5. The molecule has 2 aliphatic heterocycles. The molecule has 2 aliphatic rings. The summed E-state index contributed by atoms with van der Waals surface area (Å²) >= 11 is 1.30. The standard InChI is InChI=1S/C19H21N3O3S/c1-11(23)20-14-4-2-3-5-16(14)25-18-9-8-17(26-18)19(24)22-15-10-12-6-7-13(15)21-12/h2-5,8-9,12-13,15,21H,6-7,10H2,1H3,(H,20,23)(H,22,24)/t12-,13+,15-/m1/s1. The molecule has 2 fully saturated rings. The second-order valence-electron chi connectivity index (χ2n) is 6.76. The van der Waals surface area contributed by atoms with Crippen molar-refractivity contribution in [3.63, 3.8) is 0 Å². The summed E-state index contributed by atoms with van der Waals surface area (Å²) in [5.74, 6) is 0.333. The van der Waals surface area contributed by atoms with E-state index in [1.54, 1.807) is 24.3 Å². The maximum atomic E-state index is 12.5. The van der Waals surface area contributed by atoms with Crippen molar-refractivity contribution in [2.45, 2.75) is 44.3 Å². The van der Waals surface area contributed by atoms with E-state index in [1.165, 1.54) is 24.7 Å². The van der Waals surface area contributed by atoms with Crippen molar-refractivity contribution in [1.29, 1.82) is 0 Å². The van der Waals surface area contributed by atoms with Crippen LogP contribution >= 0.6 is 11.3 Å². The topological polar surface area (TPSA) is 79.5 Å². The van der Waals surface area contributed by atoms with Gasteiger partial charge in [0.2, 0.25) is 5.91 Å². The first kappa shape index (κ1) is 17.1. The Bertz CT molecular complexity index is 835. The number of anilines is 1. The molecule has 7 heteroatoms. The minimum atomic E-state index is -0.160. The number of hydrogen-bond donors (Lipinski definition) is 3. The molecule has 0 unspecified atom stereocenters. The number of benzene rings is 1. The Morgan fingerprint density at radius 1 is 1.19 bits per heavy atom. The van der Waals surface area contributed by atoms with Gasteiger partial charge >= 0.3 is 0 Å². The fourth-order valence-electron chi connectivity index (χ4n) is 3.68. The zero-order valence-corrected chi connectivity index (χ0v) is 15.3. The molecular formula is C19H21N3O3S. The number of hydrogen-bond acceptors (Lipinski definition) is 5. The lowest BCUT2D eigenvalue weighted by Gasteiger charge is -2.20. The molecule has 2 bridgehead atoms. The number of thiophene rings is 1. The first-order valence-corrected chi connectivity index (χ1v) is 9.61. The van der Waals surface area contributed by atoms with Crippen LogP contribution in [0.3, 0.4) is 0 Å². The fourth-order valence-corrected chi connectivity index (χ4v) is 4.45. The van der Waals surface area contributed by atoms with Crippen LogP contribution < -0.4 is 20.7 Å². The van der Waals surface area contributed by atoms with Crippen molar-refractivity contribution in [3.05, 3.63) is 41.3 Å². The third kappa shape index (κ3) is 3.59. The summed E-state index contributed by atoms with van der Waals surface area (Å²) in [6.45, 7) is 1.45. The lowest BCUT2D eigenvalue weighted by Crippen LogP contribution is -2.42. The molecular weight excluding hydrogens is 350 g/mol. The van der Waals surface area contributed by atoms with Gasteiger partial charge in [0.15, 0.2) is 10.8 Å². The van der Waals surface area contributed by atoms with Crippen molar-refractivity contribution in [1.82, 2.24) is 10.6 Å². The fraction of sp³-hybridized carbons (Fsp3) is 0.368. The highest BCUT2D eigenvalue weighted by Crippen LogP contribution is 2.34. The van der Waals surface area contributed by atoms with E-state index < -0.39 is 0 Å². The minimum absolute atomic E-state index is 0.0562. The number of amides is 2. The summed E-state index contributed by atoms with van der Waals surface area (Å²) in [5, 5.41) is 10.0. The average Bonchev–Trinajstić information content (AvgIpc) is 3.33. The second-order valence-corrected chi connectivity index (χ2v) is 7.81. The van der Waals surface area contributed by atoms with Crippen LogP contribution in [-0.4, -0.2) is 29.9 Å². The molecule has 0 spiro atoms. The normalized spacial score (nSPS) is 23.7. The number of carbonyl (C=O) groups excluding carboxylic acids is 2. The van der Waals surface area contributed by atoms with Crippen molar-refractivity contribution in [3.8, 4) is 10.8 Å². The minimum Gasteiger partial charge on any atom is -0.444 e. The molecule has 0 aliphatic carbocycles. The van der Waals surface area contributed by atoms with Gasteiger partial charge in [-0.2, -0.15) is 0 Å². The third-order valence-corrected chi connectivity index (χ3v) is 5.79. The molecule has 3 atom stereocenters. The van der Waals surface area contributed by atoms with Gasteiger partial charge in [0, 0.05) is 25.0 Å². The van der Waals surface area contributed by atoms with Gasteiger partial charge in [-0.3, -0.25) is 9.59 Å². The molecule has 0 radical (unpaired) electrons. The summed E-state index contributed by atoms with van der Waals surface area (Å²) in [7, 11) is 0.